The van der Waals surface area contributed by atoms with Gasteiger partial charge >= 0.3 is 17.9 Å². The Morgan fingerprint density at radius 2 is 1.37 bits per heavy atom. The summed E-state index contributed by atoms with van der Waals surface area (Å²) in [6.07, 6.45) is 3.84. The van der Waals surface area contributed by atoms with E-state index in [-0.39, 0.29) is 31.5 Å². The lowest BCUT2D eigenvalue weighted by Gasteiger charge is -2.18. The van der Waals surface area contributed by atoms with Gasteiger partial charge in [-0.15, -0.1) is 0 Å². The molecule has 0 atom stereocenters. The highest BCUT2D eigenvalue weighted by molar-refractivity contribution is 5.71. The van der Waals surface area contributed by atoms with E-state index in [1.54, 1.807) is 6.92 Å². The Labute approximate surface area is 223 Å². The fraction of sp³-hybridized carbons (Fsp3) is 0.536. The van der Waals surface area contributed by atoms with Gasteiger partial charge in [-0.2, -0.15) is 0 Å². The monoisotopic (exact) mass is 530 g/mol. The molecular weight excluding hydrogens is 492 g/mol. The minimum atomic E-state index is -0.480. The lowest BCUT2D eigenvalue weighted by atomic mass is 10.0. The second kappa shape index (κ2) is 14.0. The van der Waals surface area contributed by atoms with E-state index in [2.05, 4.69) is 16.9 Å². The molecule has 0 radical (unpaired) electrons. The Bertz CT molecular complexity index is 1190. The Hall–Kier alpha value is -3.37. The van der Waals surface area contributed by atoms with Crippen molar-refractivity contribution in [3.05, 3.63) is 45.0 Å². The Kier molecular flexibility index (Phi) is 11.3. The highest BCUT2D eigenvalue weighted by Gasteiger charge is 2.31. The first kappa shape index (κ1) is 30.9. The van der Waals surface area contributed by atoms with Crippen LogP contribution in [0.4, 0.5) is 0 Å². The number of carbonyl (C=O) groups excluding carboxylic acids is 3. The first-order valence-electron chi connectivity index (χ1n) is 12.7. The van der Waals surface area contributed by atoms with Gasteiger partial charge in [-0.25, -0.2) is 0 Å². The van der Waals surface area contributed by atoms with Crippen LogP contribution in [0.2, 0.25) is 0 Å². The number of hydrogen-bond donors (Lipinski definition) is 2. The smallest absolute Gasteiger partial charge is 0.308 e. The molecular formula is C28H38N2O8. The summed E-state index contributed by atoms with van der Waals surface area (Å²) < 4.78 is 15.4. The molecule has 3 rings (SSSR count). The molecule has 10 heteroatoms. The van der Waals surface area contributed by atoms with Crippen molar-refractivity contribution >= 4 is 17.9 Å². The zero-order valence-electron chi connectivity index (χ0n) is 23.3. The molecule has 0 aromatic carbocycles. The van der Waals surface area contributed by atoms with E-state index in [0.29, 0.717) is 34.2 Å². The van der Waals surface area contributed by atoms with Crippen LogP contribution in [0.1, 0.15) is 97.9 Å². The predicted octanol–water partition coefficient (Wildman–Crippen LogP) is 3.82. The van der Waals surface area contributed by atoms with Gasteiger partial charge in [0.15, 0.2) is 11.5 Å². The van der Waals surface area contributed by atoms with Gasteiger partial charge in [0, 0.05) is 60.3 Å². The maximum atomic E-state index is 11.3. The number of carbonyl (C=O) groups is 3. The summed E-state index contributed by atoms with van der Waals surface area (Å²) in [5.41, 5.74) is 5.66. The molecule has 0 saturated heterocycles. The second-order valence-electron chi connectivity index (χ2n) is 9.25. The fourth-order valence-corrected chi connectivity index (χ4v) is 4.18. The number of aromatic nitrogens is 2. The van der Waals surface area contributed by atoms with E-state index in [9.17, 15) is 24.6 Å². The van der Waals surface area contributed by atoms with Crippen LogP contribution in [-0.2, 0) is 45.4 Å². The van der Waals surface area contributed by atoms with E-state index in [0.717, 1.165) is 48.2 Å². The van der Waals surface area contributed by atoms with Crippen molar-refractivity contribution in [1.82, 2.24) is 9.97 Å². The topological polar surface area (TPSA) is 145 Å². The van der Waals surface area contributed by atoms with Crippen LogP contribution < -0.4 is 9.47 Å². The van der Waals surface area contributed by atoms with Crippen molar-refractivity contribution in [2.75, 3.05) is 0 Å². The van der Waals surface area contributed by atoms with Crippen molar-refractivity contribution in [1.29, 1.82) is 0 Å². The molecule has 1 aliphatic carbocycles. The van der Waals surface area contributed by atoms with E-state index >= 15 is 0 Å². The molecule has 1 fully saturated rings. The number of aliphatic hydroxyl groups excluding tert-OH is 2. The number of rotatable bonds is 9. The number of aliphatic hydroxyl groups is 2. The average Bonchev–Trinajstić information content (AvgIpc) is 3.67. The molecule has 2 N–H and O–H groups in total. The van der Waals surface area contributed by atoms with Crippen LogP contribution in [0.15, 0.2) is 0 Å². The van der Waals surface area contributed by atoms with Crippen molar-refractivity contribution < 1.29 is 38.8 Å². The molecule has 0 bridgehead atoms. The number of ether oxygens (including phenoxy) is 3. The van der Waals surface area contributed by atoms with Crippen LogP contribution >= 0.6 is 0 Å². The largest absolute Gasteiger partial charge is 0.461 e. The van der Waals surface area contributed by atoms with Crippen molar-refractivity contribution in [2.45, 2.75) is 99.9 Å². The standard InChI is InChI=1S/C15H19NO5.C13H19NO3/c1-8-15(21-10(3)19)13(7-20-9(2)18)12(6-17)14(16-8)11-4-5-11;1-5-6-12-11(7-15)8(2)13(9(3)14-12)17-10(4)16/h11,17H,4-7H2,1-3H3;15H,5-7H2,1-4H3. The summed E-state index contributed by atoms with van der Waals surface area (Å²) in [4.78, 5) is 42.2. The van der Waals surface area contributed by atoms with Crippen molar-refractivity contribution in [3.63, 3.8) is 0 Å². The minimum absolute atomic E-state index is 0.0447. The normalized spacial score (nSPS) is 12.3. The molecule has 2 heterocycles. The van der Waals surface area contributed by atoms with Crippen LogP contribution in [-0.4, -0.2) is 38.1 Å². The summed E-state index contributed by atoms with van der Waals surface area (Å²) in [6, 6.07) is 0. The number of esters is 3. The van der Waals surface area contributed by atoms with Crippen LogP contribution in [0.3, 0.4) is 0 Å². The number of hydrogen-bond acceptors (Lipinski definition) is 10. The minimum Gasteiger partial charge on any atom is -0.461 e. The van der Waals surface area contributed by atoms with Gasteiger partial charge < -0.3 is 24.4 Å². The van der Waals surface area contributed by atoms with Gasteiger partial charge in [0.1, 0.15) is 6.61 Å². The molecule has 1 aliphatic rings. The van der Waals surface area contributed by atoms with E-state index in [1.807, 2.05) is 13.8 Å². The van der Waals surface area contributed by atoms with Gasteiger partial charge in [-0.05, 0) is 40.0 Å². The summed E-state index contributed by atoms with van der Waals surface area (Å²) in [7, 11) is 0. The third-order valence-corrected chi connectivity index (χ3v) is 6.02. The molecule has 2 aromatic heterocycles. The SMILES string of the molecule is CC(=O)OCc1c(CO)c(C2CC2)nc(C)c1OC(C)=O.CCCc1nc(C)c(OC(C)=O)c(C)c1CO. The summed E-state index contributed by atoms with van der Waals surface area (Å²) >= 11 is 0. The predicted molar refractivity (Wildman–Crippen MR) is 139 cm³/mol. The van der Waals surface area contributed by atoms with E-state index < -0.39 is 11.9 Å². The fourth-order valence-electron chi connectivity index (χ4n) is 4.18. The van der Waals surface area contributed by atoms with Crippen LogP contribution in [0.5, 0.6) is 11.5 Å². The quantitative estimate of drug-likeness (QED) is 0.459. The van der Waals surface area contributed by atoms with Gasteiger partial charge in [0.2, 0.25) is 0 Å². The van der Waals surface area contributed by atoms with Crippen molar-refractivity contribution in [2.24, 2.45) is 0 Å². The van der Waals surface area contributed by atoms with Gasteiger partial charge in [-0.3, -0.25) is 24.4 Å². The maximum Gasteiger partial charge on any atom is 0.308 e. The van der Waals surface area contributed by atoms with Gasteiger partial charge in [-0.1, -0.05) is 13.3 Å². The zero-order chi connectivity index (χ0) is 28.6. The number of aryl methyl sites for hydroxylation is 3. The van der Waals surface area contributed by atoms with Gasteiger partial charge in [0.25, 0.3) is 0 Å². The summed E-state index contributed by atoms with van der Waals surface area (Å²) in [6.45, 7) is 11.1. The lowest BCUT2D eigenvalue weighted by molar-refractivity contribution is -0.142. The third kappa shape index (κ3) is 8.06. The molecule has 2 aromatic rings. The Balaban J connectivity index is 0.000000273. The molecule has 10 nitrogen and oxygen atoms in total. The van der Waals surface area contributed by atoms with Gasteiger partial charge in [0.05, 0.1) is 24.6 Å². The first-order chi connectivity index (χ1) is 17.9. The highest BCUT2D eigenvalue weighted by atomic mass is 16.5. The number of pyridine rings is 2. The molecule has 0 amide bonds. The van der Waals surface area contributed by atoms with E-state index in [1.165, 1.54) is 20.8 Å². The highest BCUT2D eigenvalue weighted by Crippen LogP contribution is 2.43. The van der Waals surface area contributed by atoms with Crippen LogP contribution in [0, 0.1) is 20.8 Å². The number of nitrogens with zero attached hydrogens (tertiary/aromatic N) is 2. The Morgan fingerprint density at radius 1 is 0.816 bits per heavy atom. The summed E-state index contributed by atoms with van der Waals surface area (Å²) in [5, 5.41) is 19.1. The first-order valence-corrected chi connectivity index (χ1v) is 12.7. The molecule has 0 unspecified atom stereocenters. The zero-order valence-corrected chi connectivity index (χ0v) is 23.3. The third-order valence-electron chi connectivity index (χ3n) is 6.02. The molecule has 0 spiro atoms. The average molecular weight is 531 g/mol. The molecule has 208 valence electrons. The summed E-state index contributed by atoms with van der Waals surface area (Å²) in [5.74, 6) is -0.209. The Morgan fingerprint density at radius 3 is 1.84 bits per heavy atom. The second-order valence-corrected chi connectivity index (χ2v) is 9.25. The molecule has 38 heavy (non-hydrogen) atoms. The van der Waals surface area contributed by atoms with E-state index in [4.69, 9.17) is 14.2 Å². The van der Waals surface area contributed by atoms with Crippen LogP contribution in [0.25, 0.3) is 0 Å². The molecule has 1 saturated carbocycles. The lowest BCUT2D eigenvalue weighted by Crippen LogP contribution is -2.13. The van der Waals surface area contributed by atoms with Crippen molar-refractivity contribution in [3.8, 4) is 11.5 Å². The maximum absolute atomic E-state index is 11.3. The molecule has 0 aliphatic heterocycles.